The van der Waals surface area contributed by atoms with E-state index in [4.69, 9.17) is 0 Å². The number of hydrogen-bond acceptors (Lipinski definition) is 1. The van der Waals surface area contributed by atoms with Crippen molar-refractivity contribution >= 4 is 33.5 Å². The van der Waals surface area contributed by atoms with E-state index in [1.807, 2.05) is 18.2 Å². The van der Waals surface area contributed by atoms with Gasteiger partial charge in [-0.05, 0) is 39.1 Å². The quantitative estimate of drug-likeness (QED) is 0.564. The third-order valence-electron chi connectivity index (χ3n) is 3.86. The summed E-state index contributed by atoms with van der Waals surface area (Å²) in [6.45, 7) is 6.50. The number of fused-ring (bicyclic) bond motifs is 1. The van der Waals surface area contributed by atoms with Gasteiger partial charge in [-0.15, -0.1) is 0 Å². The Kier molecular flexibility index (Phi) is 3.85. The fourth-order valence-electron chi connectivity index (χ4n) is 2.81. The first-order chi connectivity index (χ1) is 10.4. The highest BCUT2D eigenvalue weighted by atomic mass is 127. The van der Waals surface area contributed by atoms with Gasteiger partial charge in [0.1, 0.15) is 0 Å². The number of aromatic amines is 1. The third-order valence-corrected chi connectivity index (χ3v) is 4.89. The first kappa shape index (κ1) is 15.3. The van der Waals surface area contributed by atoms with Gasteiger partial charge in [0.05, 0.1) is 9.09 Å². The topological polar surface area (TPSA) is 32.9 Å². The molecular formula is C19H18INO. The van der Waals surface area contributed by atoms with Crippen LogP contribution >= 0.6 is 22.6 Å². The molecule has 0 saturated carbocycles. The Morgan fingerprint density at radius 3 is 2.27 bits per heavy atom. The average molecular weight is 403 g/mol. The minimum atomic E-state index is -0.0246. The number of halogens is 1. The number of aromatic nitrogens is 1. The van der Waals surface area contributed by atoms with Crippen LogP contribution in [0.2, 0.25) is 0 Å². The molecule has 112 valence electrons. The molecule has 0 amide bonds. The molecular weight excluding hydrogens is 385 g/mol. The Labute approximate surface area is 143 Å². The maximum Gasteiger partial charge on any atom is 0.262 e. The van der Waals surface area contributed by atoms with Crippen molar-refractivity contribution in [2.45, 2.75) is 26.2 Å². The molecule has 2 nitrogen and oxygen atoms in total. The second-order valence-corrected chi connectivity index (χ2v) is 7.57. The second kappa shape index (κ2) is 5.54. The van der Waals surface area contributed by atoms with Crippen LogP contribution in [0.5, 0.6) is 0 Å². The fourth-order valence-corrected chi connectivity index (χ4v) is 3.54. The van der Waals surface area contributed by atoms with Gasteiger partial charge >= 0.3 is 0 Å². The molecule has 2 aromatic carbocycles. The minimum absolute atomic E-state index is 0.0244. The van der Waals surface area contributed by atoms with Crippen molar-refractivity contribution in [1.82, 2.24) is 4.98 Å². The number of pyridine rings is 1. The van der Waals surface area contributed by atoms with Gasteiger partial charge < -0.3 is 4.98 Å². The maximum absolute atomic E-state index is 12.4. The van der Waals surface area contributed by atoms with E-state index in [0.717, 1.165) is 31.2 Å². The molecule has 0 aliphatic rings. The van der Waals surface area contributed by atoms with Crippen molar-refractivity contribution in [1.29, 1.82) is 0 Å². The molecule has 3 rings (SSSR count). The summed E-state index contributed by atoms with van der Waals surface area (Å²) in [6, 6.07) is 16.4. The van der Waals surface area contributed by atoms with Crippen LogP contribution in [0.25, 0.3) is 22.0 Å². The lowest BCUT2D eigenvalue weighted by Crippen LogP contribution is -2.17. The van der Waals surface area contributed by atoms with Gasteiger partial charge in [-0.25, -0.2) is 0 Å². The van der Waals surface area contributed by atoms with E-state index in [1.54, 1.807) is 0 Å². The van der Waals surface area contributed by atoms with Crippen LogP contribution in [0.4, 0.5) is 0 Å². The molecule has 0 bridgehead atoms. The van der Waals surface area contributed by atoms with E-state index in [0.29, 0.717) is 0 Å². The lowest BCUT2D eigenvalue weighted by molar-refractivity contribution is 0.594. The van der Waals surface area contributed by atoms with E-state index in [9.17, 15) is 4.79 Å². The lowest BCUT2D eigenvalue weighted by Gasteiger charge is -2.22. The molecule has 3 aromatic rings. The molecule has 0 aliphatic heterocycles. The first-order valence-corrected chi connectivity index (χ1v) is 8.38. The standard InChI is InChI=1S/C19H18INO/c1-19(2,3)14-11-7-10-13-15(12-8-5-4-6-9-12)16(20)18(22)21-17(13)14/h4-11H,1-3H3,(H,21,22). The van der Waals surface area contributed by atoms with Gasteiger partial charge in [-0.3, -0.25) is 4.79 Å². The number of H-pyrrole nitrogens is 1. The molecule has 1 N–H and O–H groups in total. The summed E-state index contributed by atoms with van der Waals surface area (Å²) >= 11 is 2.15. The predicted molar refractivity (Wildman–Crippen MR) is 101 cm³/mol. The Hall–Kier alpha value is -1.62. The van der Waals surface area contributed by atoms with Crippen molar-refractivity contribution in [3.63, 3.8) is 0 Å². The van der Waals surface area contributed by atoms with Crippen LogP contribution in [0, 0.1) is 3.57 Å². The summed E-state index contributed by atoms with van der Waals surface area (Å²) < 4.78 is 0.738. The molecule has 0 fully saturated rings. The van der Waals surface area contributed by atoms with Gasteiger partial charge in [0.2, 0.25) is 0 Å². The van der Waals surface area contributed by atoms with Gasteiger partial charge in [0.25, 0.3) is 5.56 Å². The van der Waals surface area contributed by atoms with Crippen LogP contribution in [-0.2, 0) is 5.41 Å². The number of rotatable bonds is 1. The molecule has 22 heavy (non-hydrogen) atoms. The minimum Gasteiger partial charge on any atom is -0.321 e. The van der Waals surface area contributed by atoms with Crippen LogP contribution in [0.15, 0.2) is 53.3 Å². The predicted octanol–water partition coefficient (Wildman–Crippen LogP) is 5.10. The van der Waals surface area contributed by atoms with Crippen LogP contribution < -0.4 is 5.56 Å². The highest BCUT2D eigenvalue weighted by molar-refractivity contribution is 14.1. The Morgan fingerprint density at radius 1 is 0.955 bits per heavy atom. The zero-order valence-electron chi connectivity index (χ0n) is 12.9. The van der Waals surface area contributed by atoms with Crippen molar-refractivity contribution < 1.29 is 0 Å². The van der Waals surface area contributed by atoms with Gasteiger partial charge in [0.15, 0.2) is 0 Å². The van der Waals surface area contributed by atoms with Crippen molar-refractivity contribution in [3.8, 4) is 11.1 Å². The van der Waals surface area contributed by atoms with E-state index < -0.39 is 0 Å². The number of benzene rings is 2. The molecule has 0 saturated heterocycles. The highest BCUT2D eigenvalue weighted by Gasteiger charge is 2.20. The summed E-state index contributed by atoms with van der Waals surface area (Å²) in [4.78, 5) is 15.5. The molecule has 3 heteroatoms. The molecule has 0 aliphatic carbocycles. The zero-order chi connectivity index (χ0) is 15.9. The monoisotopic (exact) mass is 403 g/mol. The second-order valence-electron chi connectivity index (χ2n) is 6.49. The SMILES string of the molecule is CC(C)(C)c1cccc2c(-c3ccccc3)c(I)c(=O)[nH]c12. The molecule has 0 radical (unpaired) electrons. The summed E-state index contributed by atoms with van der Waals surface area (Å²) in [5.41, 5.74) is 4.15. The van der Waals surface area contributed by atoms with Gasteiger partial charge in [-0.2, -0.15) is 0 Å². The lowest BCUT2D eigenvalue weighted by atomic mass is 9.84. The highest BCUT2D eigenvalue weighted by Crippen LogP contribution is 2.35. The Morgan fingerprint density at radius 2 is 1.64 bits per heavy atom. The fraction of sp³-hybridized carbons (Fsp3) is 0.211. The smallest absolute Gasteiger partial charge is 0.262 e. The summed E-state index contributed by atoms with van der Waals surface area (Å²) in [5.74, 6) is 0. The summed E-state index contributed by atoms with van der Waals surface area (Å²) in [7, 11) is 0. The first-order valence-electron chi connectivity index (χ1n) is 7.30. The van der Waals surface area contributed by atoms with E-state index in [-0.39, 0.29) is 11.0 Å². The van der Waals surface area contributed by atoms with Crippen molar-refractivity contribution in [3.05, 3.63) is 68.0 Å². The molecule has 0 spiro atoms. The van der Waals surface area contributed by atoms with Crippen LogP contribution in [0.1, 0.15) is 26.3 Å². The molecule has 1 aromatic heterocycles. The number of nitrogens with one attached hydrogen (secondary N) is 1. The Bertz CT molecular complexity index is 889. The van der Waals surface area contributed by atoms with E-state index >= 15 is 0 Å². The van der Waals surface area contributed by atoms with E-state index in [2.05, 4.69) is 78.7 Å². The van der Waals surface area contributed by atoms with Crippen molar-refractivity contribution in [2.24, 2.45) is 0 Å². The summed E-state index contributed by atoms with van der Waals surface area (Å²) in [5, 5.41) is 1.10. The number of para-hydroxylation sites is 1. The summed E-state index contributed by atoms with van der Waals surface area (Å²) in [6.07, 6.45) is 0. The van der Waals surface area contributed by atoms with E-state index in [1.165, 1.54) is 0 Å². The van der Waals surface area contributed by atoms with Gasteiger partial charge in [0, 0.05) is 10.9 Å². The van der Waals surface area contributed by atoms with Gasteiger partial charge in [-0.1, -0.05) is 69.3 Å². The largest absolute Gasteiger partial charge is 0.321 e. The average Bonchev–Trinajstić information content (AvgIpc) is 2.48. The molecule has 1 heterocycles. The molecule has 0 unspecified atom stereocenters. The number of hydrogen-bond donors (Lipinski definition) is 1. The zero-order valence-corrected chi connectivity index (χ0v) is 15.1. The third kappa shape index (κ3) is 2.58. The Balaban J connectivity index is 2.48. The molecule has 0 atom stereocenters. The maximum atomic E-state index is 12.4. The van der Waals surface area contributed by atoms with Crippen LogP contribution in [0.3, 0.4) is 0 Å². The normalized spacial score (nSPS) is 11.8. The van der Waals surface area contributed by atoms with Crippen molar-refractivity contribution in [2.75, 3.05) is 0 Å². The van der Waals surface area contributed by atoms with Crippen LogP contribution in [-0.4, -0.2) is 4.98 Å².